The largest absolute Gasteiger partial charge is 0.478 e. The fourth-order valence-corrected chi connectivity index (χ4v) is 2.83. The first-order valence-corrected chi connectivity index (χ1v) is 7.23. The number of carboxylic acid groups (broad SMARTS) is 1. The topological polar surface area (TPSA) is 53.4 Å². The molecule has 2 aromatic rings. The summed E-state index contributed by atoms with van der Waals surface area (Å²) < 4.78 is 0. The van der Waals surface area contributed by atoms with E-state index in [1.165, 1.54) is 5.56 Å². The van der Waals surface area contributed by atoms with Gasteiger partial charge < -0.3 is 10.0 Å². The van der Waals surface area contributed by atoms with Crippen molar-refractivity contribution in [3.8, 4) is 0 Å². The van der Waals surface area contributed by atoms with Gasteiger partial charge in [0.1, 0.15) is 11.4 Å². The molecule has 0 fully saturated rings. The number of fused-ring (bicyclic) bond motifs is 1. The SMILES string of the molecule is Cc1ccc(C(=O)O)c(N2CCCCc3ccccc32)n1. The highest BCUT2D eigenvalue weighted by molar-refractivity contribution is 5.94. The standard InChI is InChI=1S/C17H18N2O2/c1-12-9-10-14(17(20)21)16(18-12)19-11-5-4-7-13-6-2-3-8-15(13)19/h2-3,6,8-10H,4-5,7,11H2,1H3,(H,20,21). The van der Waals surface area contributed by atoms with Crippen molar-refractivity contribution in [3.05, 3.63) is 53.2 Å². The van der Waals surface area contributed by atoms with Gasteiger partial charge in [-0.05, 0) is 49.9 Å². The highest BCUT2D eigenvalue weighted by atomic mass is 16.4. The van der Waals surface area contributed by atoms with Crippen LogP contribution in [0.15, 0.2) is 36.4 Å². The highest BCUT2D eigenvalue weighted by Crippen LogP contribution is 2.33. The number of carbonyl (C=O) groups is 1. The van der Waals surface area contributed by atoms with Gasteiger partial charge in [0.2, 0.25) is 0 Å². The third-order valence-corrected chi connectivity index (χ3v) is 3.86. The van der Waals surface area contributed by atoms with Gasteiger partial charge in [-0.1, -0.05) is 18.2 Å². The fourth-order valence-electron chi connectivity index (χ4n) is 2.83. The van der Waals surface area contributed by atoms with Crippen molar-refractivity contribution >= 4 is 17.5 Å². The zero-order valence-corrected chi connectivity index (χ0v) is 12.0. The summed E-state index contributed by atoms with van der Waals surface area (Å²) in [6.07, 6.45) is 3.17. The van der Waals surface area contributed by atoms with Gasteiger partial charge in [-0.25, -0.2) is 9.78 Å². The van der Waals surface area contributed by atoms with E-state index in [9.17, 15) is 9.90 Å². The number of pyridine rings is 1. The Labute approximate surface area is 124 Å². The molecule has 0 aliphatic carbocycles. The number of aromatic nitrogens is 1. The van der Waals surface area contributed by atoms with Crippen LogP contribution in [-0.2, 0) is 6.42 Å². The van der Waals surface area contributed by atoms with Crippen LogP contribution >= 0.6 is 0 Å². The minimum absolute atomic E-state index is 0.261. The fraction of sp³-hybridized carbons (Fsp3) is 0.294. The summed E-state index contributed by atoms with van der Waals surface area (Å²) in [5.74, 6) is -0.379. The molecule has 4 heteroatoms. The molecule has 1 N–H and O–H groups in total. The molecule has 0 bridgehead atoms. The van der Waals surface area contributed by atoms with E-state index in [0.29, 0.717) is 5.82 Å². The first-order valence-electron chi connectivity index (χ1n) is 7.23. The molecular weight excluding hydrogens is 264 g/mol. The summed E-state index contributed by atoms with van der Waals surface area (Å²) >= 11 is 0. The van der Waals surface area contributed by atoms with Gasteiger partial charge >= 0.3 is 5.97 Å². The number of benzene rings is 1. The van der Waals surface area contributed by atoms with Crippen LogP contribution in [0.5, 0.6) is 0 Å². The molecule has 0 spiro atoms. The summed E-state index contributed by atoms with van der Waals surface area (Å²) in [5, 5.41) is 9.44. The van der Waals surface area contributed by atoms with Gasteiger partial charge in [-0.3, -0.25) is 0 Å². The van der Waals surface area contributed by atoms with Crippen molar-refractivity contribution in [3.63, 3.8) is 0 Å². The Morgan fingerprint density at radius 2 is 2.00 bits per heavy atom. The number of carboxylic acids is 1. The van der Waals surface area contributed by atoms with E-state index in [0.717, 1.165) is 37.2 Å². The van der Waals surface area contributed by atoms with Crippen molar-refractivity contribution in [1.29, 1.82) is 0 Å². The average Bonchev–Trinajstić information content (AvgIpc) is 2.69. The van der Waals surface area contributed by atoms with Crippen LogP contribution in [0, 0.1) is 6.92 Å². The first-order chi connectivity index (χ1) is 10.2. The van der Waals surface area contributed by atoms with Gasteiger partial charge in [-0.15, -0.1) is 0 Å². The normalized spacial score (nSPS) is 14.4. The van der Waals surface area contributed by atoms with Crippen molar-refractivity contribution in [2.75, 3.05) is 11.4 Å². The number of aromatic carboxylic acids is 1. The maximum atomic E-state index is 11.5. The van der Waals surface area contributed by atoms with Gasteiger partial charge in [0.15, 0.2) is 0 Å². The van der Waals surface area contributed by atoms with Crippen LogP contribution < -0.4 is 4.90 Å². The third kappa shape index (κ3) is 2.61. The van der Waals surface area contributed by atoms with Crippen molar-refractivity contribution in [1.82, 2.24) is 4.98 Å². The van der Waals surface area contributed by atoms with E-state index in [-0.39, 0.29) is 5.56 Å². The molecule has 2 heterocycles. The molecule has 0 unspecified atom stereocenters. The second-order valence-corrected chi connectivity index (χ2v) is 5.37. The van der Waals surface area contributed by atoms with Crippen molar-refractivity contribution < 1.29 is 9.90 Å². The third-order valence-electron chi connectivity index (χ3n) is 3.86. The minimum Gasteiger partial charge on any atom is -0.478 e. The number of anilines is 2. The van der Waals surface area contributed by atoms with Crippen LogP contribution in [0.3, 0.4) is 0 Å². The predicted octanol–water partition coefficient (Wildman–Crippen LogP) is 3.56. The Balaban J connectivity index is 2.16. The second kappa shape index (κ2) is 5.56. The van der Waals surface area contributed by atoms with Gasteiger partial charge in [-0.2, -0.15) is 0 Å². The van der Waals surface area contributed by atoms with Crippen LogP contribution in [-0.4, -0.2) is 22.6 Å². The van der Waals surface area contributed by atoms with Crippen molar-refractivity contribution in [2.24, 2.45) is 0 Å². The van der Waals surface area contributed by atoms with E-state index in [2.05, 4.69) is 22.0 Å². The number of hydrogen-bond acceptors (Lipinski definition) is 3. The lowest BCUT2D eigenvalue weighted by Crippen LogP contribution is -2.22. The Kier molecular flexibility index (Phi) is 3.60. The van der Waals surface area contributed by atoms with Crippen molar-refractivity contribution in [2.45, 2.75) is 26.2 Å². The first kappa shape index (κ1) is 13.6. The lowest BCUT2D eigenvalue weighted by molar-refractivity contribution is 0.0697. The predicted molar refractivity (Wildman–Crippen MR) is 82.3 cm³/mol. The molecule has 1 aromatic carbocycles. The van der Waals surface area contributed by atoms with Crippen LogP contribution in [0.4, 0.5) is 11.5 Å². The molecule has 0 saturated heterocycles. The zero-order valence-electron chi connectivity index (χ0n) is 12.0. The Bertz CT molecular complexity index is 682. The van der Waals surface area contributed by atoms with E-state index >= 15 is 0 Å². The molecule has 108 valence electrons. The molecule has 1 aliphatic rings. The summed E-state index contributed by atoms with van der Waals surface area (Å²) in [6, 6.07) is 11.6. The second-order valence-electron chi connectivity index (χ2n) is 5.37. The van der Waals surface area contributed by atoms with Gasteiger partial charge in [0, 0.05) is 17.9 Å². The molecule has 0 saturated carbocycles. The summed E-state index contributed by atoms with van der Waals surface area (Å²) in [5.41, 5.74) is 3.43. The number of hydrogen-bond donors (Lipinski definition) is 1. The quantitative estimate of drug-likeness (QED) is 0.915. The average molecular weight is 282 g/mol. The molecule has 1 aliphatic heterocycles. The number of para-hydroxylation sites is 1. The van der Waals surface area contributed by atoms with E-state index in [1.807, 2.05) is 19.1 Å². The van der Waals surface area contributed by atoms with Gasteiger partial charge in [0.05, 0.1) is 0 Å². The zero-order chi connectivity index (χ0) is 14.8. The van der Waals surface area contributed by atoms with Crippen LogP contribution in [0.1, 0.15) is 34.5 Å². The van der Waals surface area contributed by atoms with E-state index in [1.54, 1.807) is 12.1 Å². The molecule has 3 rings (SSSR count). The molecule has 21 heavy (non-hydrogen) atoms. The summed E-state index contributed by atoms with van der Waals surface area (Å²) in [7, 11) is 0. The molecular formula is C17H18N2O2. The van der Waals surface area contributed by atoms with Crippen LogP contribution in [0.2, 0.25) is 0 Å². The van der Waals surface area contributed by atoms with Gasteiger partial charge in [0.25, 0.3) is 0 Å². The molecule has 4 nitrogen and oxygen atoms in total. The number of nitrogens with zero attached hydrogens (tertiary/aromatic N) is 2. The Hall–Kier alpha value is -2.36. The van der Waals surface area contributed by atoms with Crippen LogP contribution in [0.25, 0.3) is 0 Å². The maximum absolute atomic E-state index is 11.5. The molecule has 0 atom stereocenters. The van der Waals surface area contributed by atoms with E-state index < -0.39 is 5.97 Å². The van der Waals surface area contributed by atoms with E-state index in [4.69, 9.17) is 0 Å². The molecule has 1 aromatic heterocycles. The summed E-state index contributed by atoms with van der Waals surface area (Å²) in [6.45, 7) is 2.69. The Morgan fingerprint density at radius 1 is 1.19 bits per heavy atom. The molecule has 0 amide bonds. The number of aryl methyl sites for hydroxylation is 2. The maximum Gasteiger partial charge on any atom is 0.339 e. The molecule has 0 radical (unpaired) electrons. The lowest BCUT2D eigenvalue weighted by atomic mass is 10.1. The monoisotopic (exact) mass is 282 g/mol. The highest BCUT2D eigenvalue weighted by Gasteiger charge is 2.22. The lowest BCUT2D eigenvalue weighted by Gasteiger charge is -2.25. The summed E-state index contributed by atoms with van der Waals surface area (Å²) in [4.78, 5) is 18.1. The smallest absolute Gasteiger partial charge is 0.339 e. The minimum atomic E-state index is -0.931. The Morgan fingerprint density at radius 3 is 2.81 bits per heavy atom. The number of rotatable bonds is 2.